The SMILES string of the molecule is c1ccc(-c2nc(-n3c4c(-c5ccc6c7c(oc6c5)CCc5ccccc5-7)cccc4c4ccc5ccccc5c43)nc3c2ccc2ccccc23)cc1. The first-order chi connectivity index (χ1) is 26.8. The van der Waals surface area contributed by atoms with Gasteiger partial charge in [0.1, 0.15) is 11.3 Å². The lowest BCUT2D eigenvalue weighted by Gasteiger charge is -2.15. The molecule has 3 aromatic heterocycles. The molecule has 0 fully saturated rings. The lowest BCUT2D eigenvalue weighted by Crippen LogP contribution is -2.05. The predicted molar refractivity (Wildman–Crippen MR) is 222 cm³/mol. The van der Waals surface area contributed by atoms with E-state index in [1.807, 2.05) is 0 Å². The van der Waals surface area contributed by atoms with E-state index in [4.69, 9.17) is 14.4 Å². The molecule has 0 amide bonds. The number of fused-ring (bicyclic) bond motifs is 13. The molecule has 252 valence electrons. The van der Waals surface area contributed by atoms with Crippen molar-refractivity contribution in [2.24, 2.45) is 0 Å². The van der Waals surface area contributed by atoms with Gasteiger partial charge in [0.05, 0.1) is 22.2 Å². The van der Waals surface area contributed by atoms with E-state index in [0.29, 0.717) is 5.95 Å². The molecule has 0 saturated carbocycles. The zero-order valence-electron chi connectivity index (χ0n) is 29.3. The first kappa shape index (κ1) is 29.5. The molecule has 11 aromatic rings. The van der Waals surface area contributed by atoms with Crippen LogP contribution in [0.4, 0.5) is 0 Å². The number of para-hydroxylation sites is 1. The lowest BCUT2D eigenvalue weighted by molar-refractivity contribution is 0.546. The van der Waals surface area contributed by atoms with Gasteiger partial charge in [-0.1, -0.05) is 146 Å². The van der Waals surface area contributed by atoms with Gasteiger partial charge in [0.25, 0.3) is 0 Å². The van der Waals surface area contributed by atoms with Gasteiger partial charge in [0, 0.05) is 55.4 Å². The molecule has 54 heavy (non-hydrogen) atoms. The van der Waals surface area contributed by atoms with E-state index in [1.165, 1.54) is 27.5 Å². The molecule has 3 heterocycles. The van der Waals surface area contributed by atoms with Crippen molar-refractivity contribution in [1.29, 1.82) is 0 Å². The molecule has 0 N–H and O–H groups in total. The van der Waals surface area contributed by atoms with Gasteiger partial charge in [-0.15, -0.1) is 0 Å². The molecule has 1 aliphatic carbocycles. The number of nitrogens with zero attached hydrogens (tertiary/aromatic N) is 3. The Morgan fingerprint density at radius 1 is 0.463 bits per heavy atom. The minimum Gasteiger partial charge on any atom is -0.460 e. The Kier molecular flexibility index (Phi) is 6.14. The Bertz CT molecular complexity index is 3330. The summed E-state index contributed by atoms with van der Waals surface area (Å²) in [5, 5.41) is 9.11. The van der Waals surface area contributed by atoms with Crippen molar-refractivity contribution in [1.82, 2.24) is 14.5 Å². The van der Waals surface area contributed by atoms with Crippen LogP contribution in [0, 0.1) is 0 Å². The van der Waals surface area contributed by atoms with Gasteiger partial charge in [0.2, 0.25) is 5.95 Å². The third-order valence-corrected chi connectivity index (χ3v) is 11.5. The second-order valence-electron chi connectivity index (χ2n) is 14.4. The molecule has 4 nitrogen and oxygen atoms in total. The molecular formula is C50H31N3O. The summed E-state index contributed by atoms with van der Waals surface area (Å²) in [6, 6.07) is 58.6. The summed E-state index contributed by atoms with van der Waals surface area (Å²) < 4.78 is 9.00. The smallest absolute Gasteiger partial charge is 0.235 e. The second-order valence-corrected chi connectivity index (χ2v) is 14.4. The van der Waals surface area contributed by atoms with Crippen molar-refractivity contribution in [3.05, 3.63) is 175 Å². The summed E-state index contributed by atoms with van der Waals surface area (Å²) in [4.78, 5) is 11.0. The van der Waals surface area contributed by atoms with Gasteiger partial charge in [-0.3, -0.25) is 4.57 Å². The van der Waals surface area contributed by atoms with Crippen LogP contribution in [0.3, 0.4) is 0 Å². The maximum Gasteiger partial charge on any atom is 0.235 e. The topological polar surface area (TPSA) is 43.9 Å². The molecular weight excluding hydrogens is 659 g/mol. The molecule has 0 bridgehead atoms. The molecule has 0 spiro atoms. The molecule has 0 aliphatic heterocycles. The average molecular weight is 690 g/mol. The first-order valence-electron chi connectivity index (χ1n) is 18.6. The van der Waals surface area contributed by atoms with Gasteiger partial charge in [0.15, 0.2) is 0 Å². The number of aryl methyl sites for hydroxylation is 2. The molecule has 1 aliphatic rings. The van der Waals surface area contributed by atoms with Gasteiger partial charge in [-0.2, -0.15) is 0 Å². The van der Waals surface area contributed by atoms with Crippen molar-refractivity contribution >= 4 is 65.2 Å². The number of hydrogen-bond acceptors (Lipinski definition) is 3. The fourth-order valence-electron chi connectivity index (χ4n) is 9.04. The highest BCUT2D eigenvalue weighted by atomic mass is 16.3. The Morgan fingerprint density at radius 2 is 1.15 bits per heavy atom. The molecule has 0 unspecified atom stereocenters. The van der Waals surface area contributed by atoms with E-state index in [-0.39, 0.29) is 0 Å². The van der Waals surface area contributed by atoms with Crippen LogP contribution in [0.25, 0.3) is 105 Å². The van der Waals surface area contributed by atoms with Crippen molar-refractivity contribution in [2.45, 2.75) is 12.8 Å². The first-order valence-corrected chi connectivity index (χ1v) is 18.6. The summed E-state index contributed by atoms with van der Waals surface area (Å²) in [5.74, 6) is 1.72. The highest BCUT2D eigenvalue weighted by Crippen LogP contribution is 2.45. The number of rotatable bonds is 3. The Balaban J connectivity index is 1.20. The van der Waals surface area contributed by atoms with E-state index in [1.54, 1.807) is 0 Å². The summed E-state index contributed by atoms with van der Waals surface area (Å²) in [6.45, 7) is 0. The molecule has 0 saturated heterocycles. The van der Waals surface area contributed by atoms with E-state index in [2.05, 4.69) is 168 Å². The average Bonchev–Trinajstić information content (AvgIpc) is 3.80. The highest BCUT2D eigenvalue weighted by Gasteiger charge is 2.25. The van der Waals surface area contributed by atoms with Crippen molar-refractivity contribution < 1.29 is 4.42 Å². The summed E-state index contributed by atoms with van der Waals surface area (Å²) >= 11 is 0. The zero-order valence-corrected chi connectivity index (χ0v) is 29.3. The maximum absolute atomic E-state index is 6.68. The quantitative estimate of drug-likeness (QED) is 0.173. The predicted octanol–water partition coefficient (Wildman–Crippen LogP) is 12.9. The maximum atomic E-state index is 6.68. The highest BCUT2D eigenvalue weighted by molar-refractivity contribution is 6.21. The molecule has 12 rings (SSSR count). The van der Waals surface area contributed by atoms with Gasteiger partial charge >= 0.3 is 0 Å². The normalized spacial score (nSPS) is 12.7. The minimum atomic E-state index is 0.646. The number of furan rings is 1. The van der Waals surface area contributed by atoms with Crippen LogP contribution in [-0.4, -0.2) is 14.5 Å². The van der Waals surface area contributed by atoms with Crippen molar-refractivity contribution in [3.63, 3.8) is 0 Å². The number of hydrogen-bond donors (Lipinski definition) is 0. The summed E-state index contributed by atoms with van der Waals surface area (Å²) in [5.41, 5.74) is 12.1. The van der Waals surface area contributed by atoms with Gasteiger partial charge in [-0.25, -0.2) is 9.97 Å². The van der Waals surface area contributed by atoms with Crippen LogP contribution in [0.2, 0.25) is 0 Å². The monoisotopic (exact) mass is 689 g/mol. The van der Waals surface area contributed by atoms with Gasteiger partial charge in [-0.05, 0) is 52.1 Å². The third kappa shape index (κ3) is 4.19. The number of aromatic nitrogens is 3. The van der Waals surface area contributed by atoms with Crippen molar-refractivity contribution in [2.75, 3.05) is 0 Å². The largest absolute Gasteiger partial charge is 0.460 e. The van der Waals surface area contributed by atoms with Crippen LogP contribution in [0.15, 0.2) is 168 Å². The van der Waals surface area contributed by atoms with E-state index >= 15 is 0 Å². The Hall–Kier alpha value is -7.04. The Morgan fingerprint density at radius 3 is 2.04 bits per heavy atom. The fourth-order valence-corrected chi connectivity index (χ4v) is 9.04. The fraction of sp³-hybridized carbons (Fsp3) is 0.0400. The minimum absolute atomic E-state index is 0.646. The lowest BCUT2D eigenvalue weighted by atomic mass is 9.88. The third-order valence-electron chi connectivity index (χ3n) is 11.5. The number of benzene rings is 8. The summed E-state index contributed by atoms with van der Waals surface area (Å²) in [6.07, 6.45) is 1.90. The van der Waals surface area contributed by atoms with Crippen LogP contribution in [-0.2, 0) is 12.8 Å². The summed E-state index contributed by atoms with van der Waals surface area (Å²) in [7, 11) is 0. The zero-order chi connectivity index (χ0) is 35.3. The van der Waals surface area contributed by atoms with Crippen LogP contribution < -0.4 is 0 Å². The van der Waals surface area contributed by atoms with E-state index in [0.717, 1.165) is 95.4 Å². The van der Waals surface area contributed by atoms with Crippen LogP contribution in [0.5, 0.6) is 0 Å². The molecule has 0 atom stereocenters. The van der Waals surface area contributed by atoms with E-state index < -0.39 is 0 Å². The van der Waals surface area contributed by atoms with E-state index in [9.17, 15) is 0 Å². The second kappa shape index (κ2) is 11.2. The van der Waals surface area contributed by atoms with Crippen LogP contribution >= 0.6 is 0 Å². The molecule has 0 radical (unpaired) electrons. The molecule has 8 aromatic carbocycles. The Labute approximate surface area is 310 Å². The molecule has 4 heteroatoms. The van der Waals surface area contributed by atoms with Crippen LogP contribution in [0.1, 0.15) is 11.3 Å². The standard InChI is InChI=1S/C50H31N3O/c1-2-14-33(15-3-1)46-42-27-22-31-12-5-8-17-36(31)47(42)52-50(51-46)53-48-37-18-9-6-13-32(37)21-25-40(48)39-20-10-19-38(49(39)53)34-23-26-41-44(29-34)54-43-28-24-30-11-4-7-16-35(30)45(41)43/h1-23,25-27,29H,24,28H2. The van der Waals surface area contributed by atoms with Crippen molar-refractivity contribution in [3.8, 4) is 39.5 Å². The van der Waals surface area contributed by atoms with Gasteiger partial charge < -0.3 is 4.42 Å².